The number of hydrogen-bond donors (Lipinski definition) is 2. The van der Waals surface area contributed by atoms with Crippen LogP contribution in [0.5, 0.6) is 0 Å². The molecule has 10 heteroatoms. The van der Waals surface area contributed by atoms with Gasteiger partial charge < -0.3 is 15.4 Å². The summed E-state index contributed by atoms with van der Waals surface area (Å²) in [5.74, 6) is -1.94. The van der Waals surface area contributed by atoms with Crippen molar-refractivity contribution in [2.24, 2.45) is 0 Å². The smallest absolute Gasteiger partial charge is 0.340 e. The zero-order valence-electron chi connectivity index (χ0n) is 13.0. The molecule has 0 radical (unpaired) electrons. The first kappa shape index (κ1) is 19.4. The molecule has 0 unspecified atom stereocenters. The summed E-state index contributed by atoms with van der Waals surface area (Å²) in [6.45, 7) is 2.69. The van der Waals surface area contributed by atoms with Crippen LogP contribution in [0.1, 0.15) is 24.2 Å². The number of halogens is 1. The molecule has 0 fully saturated rings. The van der Waals surface area contributed by atoms with Crippen molar-refractivity contribution in [2.75, 3.05) is 13.2 Å². The molecule has 0 aliphatic carbocycles. The molecule has 1 aromatic carbocycles. The summed E-state index contributed by atoms with van der Waals surface area (Å²) in [5.41, 5.74) is -0.377. The molecule has 0 atom stereocenters. The monoisotopic (exact) mass is 357 g/mol. The molecule has 2 N–H and O–H groups in total. The van der Waals surface area contributed by atoms with Crippen molar-refractivity contribution in [3.05, 3.63) is 38.9 Å². The van der Waals surface area contributed by atoms with E-state index in [0.29, 0.717) is 0 Å². The zero-order chi connectivity index (χ0) is 18.3. The lowest BCUT2D eigenvalue weighted by Crippen LogP contribution is -2.41. The predicted octanol–water partition coefficient (Wildman–Crippen LogP) is 1.05. The quantitative estimate of drug-likeness (QED) is 0.426. The van der Waals surface area contributed by atoms with E-state index in [1.165, 1.54) is 0 Å². The first-order valence-corrected chi connectivity index (χ1v) is 7.25. The van der Waals surface area contributed by atoms with E-state index in [9.17, 15) is 24.5 Å². The Morgan fingerprint density at radius 2 is 1.96 bits per heavy atom. The van der Waals surface area contributed by atoms with Crippen molar-refractivity contribution < 1.29 is 24.0 Å². The molecule has 9 nitrogen and oxygen atoms in total. The summed E-state index contributed by atoms with van der Waals surface area (Å²) >= 11 is 5.78. The van der Waals surface area contributed by atoms with Gasteiger partial charge in [0, 0.05) is 18.2 Å². The summed E-state index contributed by atoms with van der Waals surface area (Å²) in [6.07, 6.45) is 0. The molecule has 130 valence electrons. The molecule has 2 amide bonds. The third kappa shape index (κ3) is 6.21. The Morgan fingerprint density at radius 3 is 2.50 bits per heavy atom. The highest BCUT2D eigenvalue weighted by atomic mass is 35.5. The average molecular weight is 358 g/mol. The fraction of sp³-hybridized carbons (Fsp3) is 0.357. The summed E-state index contributed by atoms with van der Waals surface area (Å²) < 4.78 is 4.75. The van der Waals surface area contributed by atoms with Gasteiger partial charge in [0.15, 0.2) is 6.61 Å². The Bertz CT molecular complexity index is 662. The maximum absolute atomic E-state index is 11.8. The van der Waals surface area contributed by atoms with Crippen LogP contribution < -0.4 is 10.6 Å². The summed E-state index contributed by atoms with van der Waals surface area (Å²) in [4.78, 5) is 44.6. The first-order valence-electron chi connectivity index (χ1n) is 6.87. The average Bonchev–Trinajstić information content (AvgIpc) is 2.49. The van der Waals surface area contributed by atoms with Crippen LogP contribution in [0.25, 0.3) is 0 Å². The summed E-state index contributed by atoms with van der Waals surface area (Å²) in [7, 11) is 0. The third-order valence-corrected chi connectivity index (χ3v) is 2.93. The second-order valence-electron chi connectivity index (χ2n) is 5.00. The van der Waals surface area contributed by atoms with Crippen LogP contribution in [-0.2, 0) is 14.3 Å². The molecule has 0 heterocycles. The van der Waals surface area contributed by atoms with Gasteiger partial charge in [-0.15, -0.1) is 0 Å². The Labute approximate surface area is 142 Å². The number of hydrogen-bond acceptors (Lipinski definition) is 6. The normalized spacial score (nSPS) is 10.2. The van der Waals surface area contributed by atoms with Gasteiger partial charge in [0.25, 0.3) is 11.6 Å². The second kappa shape index (κ2) is 8.82. The molecule has 0 bridgehead atoms. The molecule has 0 spiro atoms. The Kier molecular flexibility index (Phi) is 7.12. The minimum Gasteiger partial charge on any atom is -0.452 e. The summed E-state index contributed by atoms with van der Waals surface area (Å²) in [5, 5.41) is 15.3. The highest BCUT2D eigenvalue weighted by molar-refractivity contribution is 6.33. The van der Waals surface area contributed by atoms with Gasteiger partial charge in [-0.05, 0) is 19.9 Å². The molecular formula is C14H16ClN3O6. The number of esters is 1. The van der Waals surface area contributed by atoms with Crippen molar-refractivity contribution in [3.8, 4) is 0 Å². The maximum atomic E-state index is 11.8. The van der Waals surface area contributed by atoms with E-state index >= 15 is 0 Å². The minimum absolute atomic E-state index is 0.0588. The van der Waals surface area contributed by atoms with Gasteiger partial charge in [0.1, 0.15) is 0 Å². The minimum atomic E-state index is -0.906. The number of ether oxygens (including phenoxy) is 1. The number of non-ortho nitro benzene ring substituents is 1. The fourth-order valence-corrected chi connectivity index (χ4v) is 1.85. The number of carbonyl (C=O) groups excluding carboxylic acids is 3. The molecule has 1 aromatic rings. The van der Waals surface area contributed by atoms with Crippen LogP contribution in [0.4, 0.5) is 5.69 Å². The highest BCUT2D eigenvalue weighted by Crippen LogP contribution is 2.22. The van der Waals surface area contributed by atoms with E-state index in [0.717, 1.165) is 18.2 Å². The number of nitrogens with one attached hydrogen (secondary N) is 2. The topological polar surface area (TPSA) is 128 Å². The van der Waals surface area contributed by atoms with Gasteiger partial charge in [-0.1, -0.05) is 11.6 Å². The Balaban J connectivity index is 2.50. The van der Waals surface area contributed by atoms with Gasteiger partial charge in [-0.3, -0.25) is 19.7 Å². The largest absolute Gasteiger partial charge is 0.452 e. The molecule has 24 heavy (non-hydrogen) atoms. The van der Waals surface area contributed by atoms with Crippen LogP contribution in [0.3, 0.4) is 0 Å². The van der Waals surface area contributed by atoms with E-state index in [2.05, 4.69) is 10.6 Å². The molecular weight excluding hydrogens is 342 g/mol. The van der Waals surface area contributed by atoms with Crippen molar-refractivity contribution >= 4 is 35.1 Å². The van der Waals surface area contributed by atoms with Gasteiger partial charge in [-0.2, -0.15) is 0 Å². The highest BCUT2D eigenvalue weighted by Gasteiger charge is 2.17. The molecule has 0 saturated carbocycles. The number of nitro benzene ring substituents is 1. The van der Waals surface area contributed by atoms with Crippen LogP contribution in [0.2, 0.25) is 5.02 Å². The van der Waals surface area contributed by atoms with Crippen molar-refractivity contribution in [2.45, 2.75) is 19.9 Å². The number of carbonyl (C=O) groups is 3. The zero-order valence-corrected chi connectivity index (χ0v) is 13.8. The van der Waals surface area contributed by atoms with Gasteiger partial charge in [0.2, 0.25) is 5.91 Å². The van der Waals surface area contributed by atoms with Crippen molar-refractivity contribution in [1.29, 1.82) is 0 Å². The molecule has 0 saturated heterocycles. The number of nitro groups is 1. The lowest BCUT2D eigenvalue weighted by molar-refractivity contribution is -0.384. The van der Waals surface area contributed by atoms with Crippen molar-refractivity contribution in [3.63, 3.8) is 0 Å². The van der Waals surface area contributed by atoms with E-state index in [4.69, 9.17) is 16.3 Å². The molecule has 0 aromatic heterocycles. The van der Waals surface area contributed by atoms with E-state index in [-0.39, 0.29) is 34.8 Å². The van der Waals surface area contributed by atoms with Crippen LogP contribution in [0, 0.1) is 10.1 Å². The number of amides is 2. The predicted molar refractivity (Wildman–Crippen MR) is 84.7 cm³/mol. The summed E-state index contributed by atoms with van der Waals surface area (Å²) in [6, 6.07) is 3.18. The van der Waals surface area contributed by atoms with Crippen molar-refractivity contribution in [1.82, 2.24) is 10.6 Å². The lowest BCUT2D eigenvalue weighted by Gasteiger charge is -2.09. The molecule has 0 aliphatic rings. The number of rotatable bonds is 7. The first-order chi connectivity index (χ1) is 11.2. The van der Waals surface area contributed by atoms with Gasteiger partial charge in [-0.25, -0.2) is 4.79 Å². The standard InChI is InChI=1S/C14H16ClN3O6/c1-8(2)17-12(19)6-16-13(20)7-24-14(21)10-4-3-9(18(22)23)5-11(10)15/h3-5,8H,6-7H2,1-2H3,(H,16,20)(H,17,19). The van der Waals surface area contributed by atoms with E-state index in [1.54, 1.807) is 13.8 Å². The molecule has 0 aliphatic heterocycles. The molecule has 1 rings (SSSR count). The Hall–Kier alpha value is -2.68. The lowest BCUT2D eigenvalue weighted by atomic mass is 10.2. The van der Waals surface area contributed by atoms with Crippen LogP contribution in [0.15, 0.2) is 18.2 Å². The SMILES string of the molecule is CC(C)NC(=O)CNC(=O)COC(=O)c1ccc([N+](=O)[O-])cc1Cl. The number of benzene rings is 1. The fourth-order valence-electron chi connectivity index (χ4n) is 1.59. The Morgan fingerprint density at radius 1 is 1.29 bits per heavy atom. The van der Waals surface area contributed by atoms with Gasteiger partial charge >= 0.3 is 5.97 Å². The van der Waals surface area contributed by atoms with Crippen LogP contribution >= 0.6 is 11.6 Å². The van der Waals surface area contributed by atoms with E-state index in [1.807, 2.05) is 0 Å². The van der Waals surface area contributed by atoms with E-state index < -0.39 is 23.4 Å². The second-order valence-corrected chi connectivity index (χ2v) is 5.40. The van der Waals surface area contributed by atoms with Gasteiger partial charge in [0.05, 0.1) is 22.1 Å². The van der Waals surface area contributed by atoms with Crippen LogP contribution in [-0.4, -0.2) is 41.9 Å². The number of nitrogens with zero attached hydrogens (tertiary/aromatic N) is 1. The maximum Gasteiger partial charge on any atom is 0.340 e. The third-order valence-electron chi connectivity index (χ3n) is 2.61.